The lowest BCUT2D eigenvalue weighted by Crippen LogP contribution is -2.47. The summed E-state index contributed by atoms with van der Waals surface area (Å²) in [4.78, 5) is 62.9. The van der Waals surface area contributed by atoms with Crippen molar-refractivity contribution >= 4 is 35.5 Å². The molecule has 14 heteroatoms. The van der Waals surface area contributed by atoms with Crippen LogP contribution in [0.3, 0.4) is 0 Å². The average molecular weight is 893 g/mol. The first-order valence-electron chi connectivity index (χ1n) is 22.3. The third-order valence-electron chi connectivity index (χ3n) is 11.7. The molecule has 2 amide bonds. The van der Waals surface area contributed by atoms with Crippen molar-refractivity contribution in [1.82, 2.24) is 40.4 Å². The number of aromatic nitrogens is 4. The summed E-state index contributed by atoms with van der Waals surface area (Å²) >= 11 is 0. The lowest BCUT2D eigenvalue weighted by molar-refractivity contribution is -0.135. The van der Waals surface area contributed by atoms with Crippen LogP contribution in [0.2, 0.25) is 0 Å². The van der Waals surface area contributed by atoms with Crippen molar-refractivity contribution in [3.8, 4) is 33.6 Å². The van der Waals surface area contributed by atoms with E-state index in [1.807, 2.05) is 38.2 Å². The van der Waals surface area contributed by atoms with Gasteiger partial charge in [-0.2, -0.15) is 0 Å². The molecule has 2 aliphatic heterocycles. The number of ether oxygens (including phenoxy) is 2. The Morgan fingerprint density at radius 1 is 0.815 bits per heavy atom. The van der Waals surface area contributed by atoms with Gasteiger partial charge in [0.15, 0.2) is 0 Å². The zero-order chi connectivity index (χ0) is 48.2. The highest BCUT2D eigenvalue weighted by Crippen LogP contribution is 2.37. The molecule has 0 aliphatic carbocycles. The summed E-state index contributed by atoms with van der Waals surface area (Å²) in [6.07, 6.45) is 9.43. The number of likely N-dealkylation sites (tertiary alicyclic amines) is 2. The van der Waals surface area contributed by atoms with Gasteiger partial charge in [-0.25, -0.2) is 14.8 Å². The van der Waals surface area contributed by atoms with Crippen LogP contribution < -0.4 is 10.6 Å². The number of H-pyrrole nitrogens is 2. The second kappa shape index (κ2) is 26.6. The number of nitrogens with zero attached hydrogens (tertiary/aromatic N) is 4. The first-order valence-corrected chi connectivity index (χ1v) is 22.3. The summed E-state index contributed by atoms with van der Waals surface area (Å²) < 4.78 is 8.01. The van der Waals surface area contributed by atoms with Gasteiger partial charge in [-0.15, -0.1) is 13.2 Å². The smallest absolute Gasteiger partial charge is 0.406 e. The number of nitrogens with one attached hydrogen (secondary N) is 4. The van der Waals surface area contributed by atoms with Crippen LogP contribution in [0.1, 0.15) is 94.7 Å². The molecule has 5 aromatic rings. The third kappa shape index (κ3) is 14.2. The molecule has 4 heterocycles. The van der Waals surface area contributed by atoms with E-state index in [1.54, 1.807) is 0 Å². The van der Waals surface area contributed by atoms with Gasteiger partial charge in [0.05, 0.1) is 56.1 Å². The minimum absolute atomic E-state index is 0.0195. The van der Waals surface area contributed by atoms with Gasteiger partial charge in [0, 0.05) is 31.1 Å². The number of hydrogen-bond donors (Lipinski definition) is 4. The average Bonchev–Trinajstić information content (AvgIpc) is 4.16. The van der Waals surface area contributed by atoms with Crippen LogP contribution in [0.4, 0.5) is 4.79 Å². The zero-order valence-corrected chi connectivity index (χ0v) is 40.4. The van der Waals surface area contributed by atoms with Gasteiger partial charge in [-0.3, -0.25) is 14.5 Å². The minimum Gasteiger partial charge on any atom is -0.471 e. The second-order valence-corrected chi connectivity index (χ2v) is 16.8. The van der Waals surface area contributed by atoms with Crippen LogP contribution in [-0.2, 0) is 23.9 Å². The van der Waals surface area contributed by atoms with Gasteiger partial charge < -0.3 is 39.8 Å². The van der Waals surface area contributed by atoms with E-state index >= 15 is 0 Å². The maximum atomic E-state index is 13.4. The van der Waals surface area contributed by atoms with Crippen molar-refractivity contribution in [2.75, 3.05) is 48.5 Å². The van der Waals surface area contributed by atoms with E-state index in [2.05, 4.69) is 131 Å². The lowest BCUT2D eigenvalue weighted by Gasteiger charge is -2.29. The molecule has 2 aromatic heterocycles. The highest BCUT2D eigenvalue weighted by Gasteiger charge is 2.36. The van der Waals surface area contributed by atoms with E-state index in [0.29, 0.717) is 24.9 Å². The number of aldehydes is 1. The summed E-state index contributed by atoms with van der Waals surface area (Å²) in [5, 5.41) is 7.90. The first kappa shape index (κ1) is 53.2. The van der Waals surface area contributed by atoms with Gasteiger partial charge in [-0.1, -0.05) is 64.1 Å². The monoisotopic (exact) mass is 893 g/mol. The number of methoxy groups -OCH3 is 2. The van der Waals surface area contributed by atoms with Crippen LogP contribution in [0.5, 0.6) is 0 Å². The summed E-state index contributed by atoms with van der Waals surface area (Å²) in [6, 6.07) is 18.0. The van der Waals surface area contributed by atoms with Crippen molar-refractivity contribution in [2.45, 2.75) is 91.8 Å². The molecule has 2 fully saturated rings. The molecule has 7 rings (SSSR count). The Balaban J connectivity index is 0.000000532. The summed E-state index contributed by atoms with van der Waals surface area (Å²) in [7, 11) is 8.19. The van der Waals surface area contributed by atoms with Crippen molar-refractivity contribution in [3.05, 3.63) is 96.9 Å². The number of alkyl carbamates (subject to hydrolysis) is 1. The molecule has 0 saturated carbocycles. The summed E-state index contributed by atoms with van der Waals surface area (Å²) in [5.74, 6) is 2.85. The van der Waals surface area contributed by atoms with Crippen LogP contribution >= 0.6 is 0 Å². The Labute approximate surface area is 386 Å². The first-order chi connectivity index (χ1) is 31.2. The SMILES string of the molecule is C=C.CC(C)CC=O.CNC(=O)OC.CNC(C(=O)N1CCC[C@H]1c1ncc(-c2ccc(-c3ccc4cc(-c5cnc(C6CCCN6C)[nH]5)ccc4c3)c(C)c2C)[nH]1)C(C)C.COC=O. The summed E-state index contributed by atoms with van der Waals surface area (Å²) in [6.45, 7) is 20.9. The molecule has 14 nitrogen and oxygen atoms in total. The topological polar surface area (TPSA) is 175 Å². The molecule has 2 aliphatic rings. The van der Waals surface area contributed by atoms with E-state index in [9.17, 15) is 14.4 Å². The van der Waals surface area contributed by atoms with Crippen molar-refractivity contribution < 1.29 is 28.7 Å². The molecule has 2 unspecified atom stereocenters. The molecule has 0 radical (unpaired) electrons. The molecule has 3 aromatic carbocycles. The quantitative estimate of drug-likeness (QED) is 0.0739. The zero-order valence-electron chi connectivity index (χ0n) is 40.4. The third-order valence-corrected chi connectivity index (χ3v) is 11.7. The number of benzene rings is 3. The number of amides is 2. The molecule has 0 bridgehead atoms. The van der Waals surface area contributed by atoms with Crippen molar-refractivity contribution in [1.29, 1.82) is 0 Å². The normalized spacial score (nSPS) is 15.9. The van der Waals surface area contributed by atoms with E-state index in [1.165, 1.54) is 60.7 Å². The number of carbonyl (C=O) groups is 4. The molecule has 352 valence electrons. The Hall–Kier alpha value is -6.12. The Morgan fingerprint density at radius 2 is 1.35 bits per heavy atom. The Morgan fingerprint density at radius 3 is 1.86 bits per heavy atom. The van der Waals surface area contributed by atoms with Crippen molar-refractivity contribution in [3.63, 3.8) is 0 Å². The molecular formula is C51H72N8O6. The number of hydrogen-bond acceptors (Lipinski definition) is 10. The van der Waals surface area contributed by atoms with E-state index in [4.69, 9.17) is 14.8 Å². The minimum atomic E-state index is -0.407. The van der Waals surface area contributed by atoms with Gasteiger partial charge in [0.2, 0.25) is 5.91 Å². The fraction of sp³-hybridized carbons (Fsp3) is 0.451. The van der Waals surface area contributed by atoms with Crippen LogP contribution in [-0.4, -0.2) is 109 Å². The van der Waals surface area contributed by atoms with E-state index in [-0.39, 0.29) is 23.9 Å². The van der Waals surface area contributed by atoms with Gasteiger partial charge in [-0.05, 0) is 117 Å². The predicted octanol–water partition coefficient (Wildman–Crippen LogP) is 9.37. The predicted molar refractivity (Wildman–Crippen MR) is 261 cm³/mol. The number of aromatic amines is 2. The van der Waals surface area contributed by atoms with E-state index < -0.39 is 6.09 Å². The molecular weight excluding hydrogens is 821 g/mol. The standard InChI is InChI=1S/C39H47N7O.C5H10O.C3H7NO2.C2H4O2.C2H4/c1-23(2)36(40-5)39(47)46-18-8-10-35(46)38-42-22-33(44-38)31-16-15-30(24(3)25(31)4)28-13-11-27-20-29(14-12-26(27)19-28)32-21-41-37(43-32)34-9-7-17-45(34)6;1-5(2)3-4-6;1-4-3(5)6-2;1-4-2-3;1-2/h11-16,19-23,34-36,40H,7-10,17-18H2,1-6H3,(H,41,43)(H,42,44);4-5H,3H2,1-2H3;1-2H3,(H,4,5);2H,1H3;1-2H2/t34?,35-,36?;;;;/m0..../s1. The van der Waals surface area contributed by atoms with Gasteiger partial charge >= 0.3 is 6.09 Å². The molecule has 3 atom stereocenters. The number of fused-ring (bicyclic) bond motifs is 1. The molecule has 2 saturated heterocycles. The van der Waals surface area contributed by atoms with Crippen molar-refractivity contribution in [2.24, 2.45) is 11.8 Å². The number of imidazole rings is 2. The number of likely N-dealkylation sites (N-methyl/N-ethyl adjacent to an activating group) is 1. The maximum absolute atomic E-state index is 13.4. The largest absolute Gasteiger partial charge is 0.471 e. The lowest BCUT2D eigenvalue weighted by atomic mass is 9.91. The van der Waals surface area contributed by atoms with Gasteiger partial charge in [0.1, 0.15) is 17.9 Å². The fourth-order valence-electron chi connectivity index (χ4n) is 8.09. The number of rotatable bonds is 11. The van der Waals surface area contributed by atoms with Crippen LogP contribution in [0, 0.1) is 25.7 Å². The molecule has 4 N–H and O–H groups in total. The Bertz CT molecular complexity index is 2280. The fourth-order valence-corrected chi connectivity index (χ4v) is 8.09. The van der Waals surface area contributed by atoms with Crippen LogP contribution in [0.15, 0.2) is 74.1 Å². The second-order valence-electron chi connectivity index (χ2n) is 16.8. The highest BCUT2D eigenvalue weighted by molar-refractivity contribution is 5.91. The van der Waals surface area contributed by atoms with Gasteiger partial charge in [0.25, 0.3) is 6.47 Å². The highest BCUT2D eigenvalue weighted by atomic mass is 16.5. The molecule has 0 spiro atoms. The molecule has 65 heavy (non-hydrogen) atoms. The van der Waals surface area contributed by atoms with Crippen LogP contribution in [0.25, 0.3) is 44.4 Å². The number of carbonyl (C=O) groups excluding carboxylic acids is 4. The summed E-state index contributed by atoms with van der Waals surface area (Å²) in [5.41, 5.74) is 9.29. The Kier molecular flexibility index (Phi) is 21.8. The van der Waals surface area contributed by atoms with E-state index in [0.717, 1.165) is 72.8 Å². The maximum Gasteiger partial charge on any atom is 0.406 e.